The van der Waals surface area contributed by atoms with Gasteiger partial charge in [0.2, 0.25) is 0 Å². The molecule has 0 amide bonds. The number of hydrogen-bond donors (Lipinski definition) is 1. The van der Waals surface area contributed by atoms with Crippen molar-refractivity contribution in [3.05, 3.63) is 105 Å². The lowest BCUT2D eigenvalue weighted by Crippen LogP contribution is -2.65. The Bertz CT molecular complexity index is 2100. The Balaban J connectivity index is 1.59. The third-order valence-corrected chi connectivity index (χ3v) is 9.40. The van der Waals surface area contributed by atoms with E-state index in [0.717, 1.165) is 43.2 Å². The summed E-state index contributed by atoms with van der Waals surface area (Å²) >= 11 is 0. The Morgan fingerprint density at radius 3 is 1.85 bits per heavy atom. The number of nitrogens with zero attached hydrogens (tertiary/aromatic N) is 1. The fourth-order valence-electron chi connectivity index (χ4n) is 6.64. The number of nitrogens with one attached hydrogen (secondary N) is 1. The minimum Gasteiger partial charge on any atom is -0.459 e. The van der Waals surface area contributed by atoms with E-state index in [0.29, 0.717) is 5.56 Å². The van der Waals surface area contributed by atoms with Crippen molar-refractivity contribution in [1.82, 2.24) is 9.55 Å². The van der Waals surface area contributed by atoms with Crippen LogP contribution in [0.2, 0.25) is 0 Å². The monoisotopic (exact) mass is 854 g/mol. The van der Waals surface area contributed by atoms with Crippen molar-refractivity contribution >= 4 is 29.8 Å². The second kappa shape index (κ2) is 20.7. The van der Waals surface area contributed by atoms with Crippen LogP contribution in [0.15, 0.2) is 82.5 Å². The van der Waals surface area contributed by atoms with Crippen LogP contribution < -0.4 is 11.2 Å². The number of hydrogen-bond acceptors (Lipinski definition) is 17. The molecule has 0 radical (unpaired) electrons. The molecule has 0 saturated carbocycles. The van der Waals surface area contributed by atoms with Gasteiger partial charge in [-0.3, -0.25) is 33.5 Å². The molecule has 19 heteroatoms. The largest absolute Gasteiger partial charge is 0.459 e. The van der Waals surface area contributed by atoms with Crippen LogP contribution in [0, 0.1) is 5.41 Å². The molecule has 1 N–H and O–H groups in total. The van der Waals surface area contributed by atoms with Gasteiger partial charge in [-0.05, 0) is 31.9 Å². The summed E-state index contributed by atoms with van der Waals surface area (Å²) in [5.41, 5.74) is -1.26. The molecule has 19 nitrogen and oxygen atoms in total. The van der Waals surface area contributed by atoms with Crippen molar-refractivity contribution in [1.29, 1.82) is 0 Å². The van der Waals surface area contributed by atoms with Gasteiger partial charge in [-0.1, -0.05) is 60.7 Å². The molecule has 1 aromatic heterocycles. The normalized spacial score (nSPS) is 25.5. The third kappa shape index (κ3) is 12.2. The summed E-state index contributed by atoms with van der Waals surface area (Å²) in [6, 6.07) is 18.8. The molecule has 10 atom stereocenters. The first-order chi connectivity index (χ1) is 29.0. The molecule has 5 rings (SSSR count). The zero-order chi connectivity index (χ0) is 44.4. The van der Waals surface area contributed by atoms with E-state index in [1.54, 1.807) is 63.2 Å². The zero-order valence-corrected chi connectivity index (χ0v) is 34.7. The fourth-order valence-corrected chi connectivity index (χ4v) is 6.64. The zero-order valence-electron chi connectivity index (χ0n) is 34.7. The number of carbonyl (C=O) groups is 5. The van der Waals surface area contributed by atoms with Crippen LogP contribution in [-0.4, -0.2) is 108 Å². The summed E-state index contributed by atoms with van der Waals surface area (Å²) in [4.78, 5) is 92.5. The Labute approximate surface area is 350 Å². The molecule has 2 aromatic carbocycles. The van der Waals surface area contributed by atoms with Crippen molar-refractivity contribution in [3.63, 3.8) is 0 Å². The average Bonchev–Trinajstić information content (AvgIpc) is 3.55. The molecule has 3 aromatic rings. The molecule has 2 aliphatic rings. The van der Waals surface area contributed by atoms with Gasteiger partial charge in [-0.25, -0.2) is 9.59 Å². The smallest absolute Gasteiger partial charge is 0.339 e. The van der Waals surface area contributed by atoms with Crippen LogP contribution in [0.1, 0.15) is 58.9 Å². The number of rotatable bonds is 16. The van der Waals surface area contributed by atoms with E-state index < -0.39 is 108 Å². The molecule has 2 aliphatic heterocycles. The Hall–Kier alpha value is -5.73. The molecule has 0 spiro atoms. The highest BCUT2D eigenvalue weighted by Gasteiger charge is 2.58. The molecule has 2 fully saturated rings. The van der Waals surface area contributed by atoms with Gasteiger partial charge in [-0.15, -0.1) is 0 Å². The van der Waals surface area contributed by atoms with Gasteiger partial charge in [0.05, 0.1) is 18.6 Å². The van der Waals surface area contributed by atoms with Crippen molar-refractivity contribution in [3.8, 4) is 0 Å². The van der Waals surface area contributed by atoms with Crippen molar-refractivity contribution in [2.24, 2.45) is 5.41 Å². The van der Waals surface area contributed by atoms with Crippen LogP contribution in [-0.2, 0) is 84.6 Å². The number of ether oxygens (including phenoxy) is 10. The lowest BCUT2D eigenvalue weighted by Gasteiger charge is -2.44. The van der Waals surface area contributed by atoms with Gasteiger partial charge < -0.3 is 47.4 Å². The minimum atomic E-state index is -1.84. The maximum atomic E-state index is 13.9. The van der Waals surface area contributed by atoms with E-state index in [-0.39, 0.29) is 19.8 Å². The Morgan fingerprint density at radius 1 is 0.721 bits per heavy atom. The fraction of sp³-hybridized carbons (Fsp3) is 0.500. The lowest BCUT2D eigenvalue weighted by molar-refractivity contribution is -0.321. The molecular formula is C42H50N2O17. The molecule has 0 aliphatic carbocycles. The topological polar surface area (TPSA) is 233 Å². The maximum absolute atomic E-state index is 13.9. The first-order valence-electron chi connectivity index (χ1n) is 19.3. The van der Waals surface area contributed by atoms with Gasteiger partial charge in [0.1, 0.15) is 24.9 Å². The highest BCUT2D eigenvalue weighted by atomic mass is 16.8. The van der Waals surface area contributed by atoms with Crippen LogP contribution in [0.5, 0.6) is 0 Å². The van der Waals surface area contributed by atoms with Crippen molar-refractivity contribution in [2.75, 3.05) is 13.7 Å². The average molecular weight is 855 g/mol. The lowest BCUT2D eigenvalue weighted by atomic mass is 9.96. The van der Waals surface area contributed by atoms with E-state index in [4.69, 9.17) is 47.4 Å². The second-order valence-corrected chi connectivity index (χ2v) is 15.2. The molecule has 3 heterocycles. The van der Waals surface area contributed by atoms with Crippen molar-refractivity contribution < 1.29 is 71.3 Å². The SMILES string of the molecule is CO[C@H]1[C@@H](OC(=O)C(C)(C)C)[C@H](n2ccc(=O)[nH]c2=O)O[C@@H]1[C@H](COCc1ccccc1)O[C@H]1O[C@H](C(=O)OCc2ccccc2)[C@@H](OC(C)=O)[C@H](OC(C)=O)[C@@H]1OC(C)=O. The summed E-state index contributed by atoms with van der Waals surface area (Å²) in [6.07, 6.45) is -14.4. The van der Waals surface area contributed by atoms with Crippen molar-refractivity contribution in [2.45, 2.75) is 116 Å². The predicted octanol–water partition coefficient (Wildman–Crippen LogP) is 2.27. The highest BCUT2D eigenvalue weighted by Crippen LogP contribution is 2.39. The molecular weight excluding hydrogens is 804 g/mol. The first-order valence-corrected chi connectivity index (χ1v) is 19.3. The van der Waals surface area contributed by atoms with Gasteiger partial charge in [-0.2, -0.15) is 0 Å². The number of aromatic amines is 1. The van der Waals surface area contributed by atoms with E-state index in [9.17, 15) is 33.6 Å². The van der Waals surface area contributed by atoms with Crippen LogP contribution in [0.3, 0.4) is 0 Å². The van der Waals surface area contributed by atoms with E-state index in [1.807, 2.05) is 18.2 Å². The quantitative estimate of drug-likeness (QED) is 0.161. The molecule has 2 saturated heterocycles. The number of carbonyl (C=O) groups excluding carboxylic acids is 5. The number of esters is 5. The molecule has 0 bridgehead atoms. The van der Waals surface area contributed by atoms with Gasteiger partial charge in [0, 0.05) is 40.1 Å². The minimum absolute atomic E-state index is 0.0360. The number of H-pyrrole nitrogens is 1. The number of aromatic nitrogens is 2. The number of benzene rings is 2. The maximum Gasteiger partial charge on any atom is 0.339 e. The molecule has 0 unspecified atom stereocenters. The third-order valence-electron chi connectivity index (χ3n) is 9.40. The standard InChI is InChI=1S/C42H50N2O17/c1-23(45)55-32-33(56-24(2)46)36(57-25(3)47)39(60-35(32)38(49)54-21-27-16-12-9-13-17-27)58-28(22-53-20-26-14-10-8-11-15-26)30-31(52-7)34(61-40(50)42(4,5)6)37(59-30)44-19-18-29(48)43-41(44)51/h8-19,28,30-37,39H,20-22H2,1-7H3,(H,43,48,51)/t28-,30+,31+,32-,33-,34+,35-,36-,37+,39-/m0/s1. The van der Waals surface area contributed by atoms with Gasteiger partial charge in [0.15, 0.2) is 43.0 Å². The predicted molar refractivity (Wildman–Crippen MR) is 208 cm³/mol. The Kier molecular flexibility index (Phi) is 15.7. The van der Waals surface area contributed by atoms with Gasteiger partial charge >= 0.3 is 35.5 Å². The Morgan fingerprint density at radius 2 is 1.30 bits per heavy atom. The van der Waals surface area contributed by atoms with Crippen LogP contribution in [0.25, 0.3) is 0 Å². The summed E-state index contributed by atoms with van der Waals surface area (Å²) < 4.78 is 60.6. The van der Waals surface area contributed by atoms with Gasteiger partial charge in [0.25, 0.3) is 5.56 Å². The molecule has 61 heavy (non-hydrogen) atoms. The summed E-state index contributed by atoms with van der Waals surface area (Å²) in [5, 5.41) is 0. The summed E-state index contributed by atoms with van der Waals surface area (Å²) in [6.45, 7) is 7.48. The second-order valence-electron chi connectivity index (χ2n) is 15.2. The molecule has 330 valence electrons. The van der Waals surface area contributed by atoms with Crippen LogP contribution in [0.4, 0.5) is 0 Å². The summed E-state index contributed by atoms with van der Waals surface area (Å²) in [7, 11) is 1.30. The first kappa shape index (κ1) is 46.3. The van der Waals surface area contributed by atoms with E-state index in [2.05, 4.69) is 4.98 Å². The number of methoxy groups -OCH3 is 1. The van der Waals surface area contributed by atoms with E-state index >= 15 is 0 Å². The van der Waals surface area contributed by atoms with Crippen LogP contribution >= 0.6 is 0 Å². The summed E-state index contributed by atoms with van der Waals surface area (Å²) in [5.74, 6) is -4.46. The highest BCUT2D eigenvalue weighted by molar-refractivity contribution is 5.77. The van der Waals surface area contributed by atoms with E-state index in [1.165, 1.54) is 7.11 Å².